The number of nitrogens with one attached hydrogen (secondary N) is 5. The van der Waals surface area contributed by atoms with E-state index in [2.05, 4.69) is 54.8 Å². The highest BCUT2D eigenvalue weighted by molar-refractivity contribution is 6.25. The van der Waals surface area contributed by atoms with Crippen molar-refractivity contribution in [3.05, 3.63) is 111 Å². The van der Waals surface area contributed by atoms with Gasteiger partial charge in [0.25, 0.3) is 17.7 Å². The number of H-pyrrole nitrogens is 1. The Morgan fingerprint density at radius 3 is 2.30 bits per heavy atom. The van der Waals surface area contributed by atoms with Crippen molar-refractivity contribution in [1.29, 1.82) is 0 Å². The lowest BCUT2D eigenvalue weighted by Gasteiger charge is -2.44. The summed E-state index contributed by atoms with van der Waals surface area (Å²) in [5, 5.41) is 10.9. The van der Waals surface area contributed by atoms with Crippen LogP contribution in [0.5, 0.6) is 0 Å². The number of halogens is 4. The van der Waals surface area contributed by atoms with Crippen LogP contribution in [0.15, 0.2) is 71.7 Å². The second-order valence-electron chi connectivity index (χ2n) is 18.8. The SMILES string of the molecule is C[C@@H]1CN(c2ccc(-c3cc(CN4CCN(CCNC(=O)CCOCCNc5cccc6c5C(=O)N(C5CCC(=O)NC5=O)C6=O)CC4)ccc3F)cc2NC(=O)c2c[nH]c(=O)cc2C(F)(F)F)C[C@H](C)N1C. The Balaban J connectivity index is 0.793. The summed E-state index contributed by atoms with van der Waals surface area (Å²) in [7, 11) is 2.01. The van der Waals surface area contributed by atoms with Gasteiger partial charge in [0.2, 0.25) is 23.3 Å². The van der Waals surface area contributed by atoms with Gasteiger partial charge >= 0.3 is 6.18 Å². The number of aromatic amines is 1. The first-order valence-corrected chi connectivity index (χ1v) is 24.2. The molecule has 22 heteroatoms. The highest BCUT2D eigenvalue weighted by Crippen LogP contribution is 2.37. The molecular weight excluding hydrogens is 957 g/mol. The van der Waals surface area contributed by atoms with Crippen LogP contribution in [0.4, 0.5) is 34.6 Å². The van der Waals surface area contributed by atoms with Gasteiger partial charge < -0.3 is 30.6 Å². The molecule has 1 aromatic heterocycles. The zero-order valence-electron chi connectivity index (χ0n) is 40.7. The normalized spacial score (nSPS) is 20.0. The lowest BCUT2D eigenvalue weighted by Crippen LogP contribution is -2.55. The van der Waals surface area contributed by atoms with Gasteiger partial charge in [-0.05, 0) is 74.8 Å². The second kappa shape index (κ2) is 22.4. The Morgan fingerprint density at radius 2 is 1.58 bits per heavy atom. The van der Waals surface area contributed by atoms with Crippen molar-refractivity contribution in [3.63, 3.8) is 0 Å². The van der Waals surface area contributed by atoms with Crippen LogP contribution in [0.2, 0.25) is 0 Å². The maximum Gasteiger partial charge on any atom is 0.417 e. The number of hydrogen-bond acceptors (Lipinski definition) is 13. The van der Waals surface area contributed by atoms with Crippen LogP contribution >= 0.6 is 0 Å². The maximum atomic E-state index is 15.7. The minimum absolute atomic E-state index is 0.0235. The number of piperidine rings is 1. The third-order valence-corrected chi connectivity index (χ3v) is 13.9. The number of imide groups is 2. The van der Waals surface area contributed by atoms with Gasteiger partial charge in [-0.3, -0.25) is 58.5 Å². The molecule has 388 valence electrons. The fourth-order valence-electron chi connectivity index (χ4n) is 9.71. The third-order valence-electron chi connectivity index (χ3n) is 13.9. The highest BCUT2D eigenvalue weighted by atomic mass is 19.4. The van der Waals surface area contributed by atoms with Gasteiger partial charge in [0.15, 0.2) is 0 Å². The number of amides is 6. The Hall–Kier alpha value is -7.01. The molecular formula is C51H58F4N10O8. The van der Waals surface area contributed by atoms with Crippen LogP contribution in [0.1, 0.15) is 75.3 Å². The number of likely N-dealkylation sites (N-methyl/N-ethyl adjacent to an activating group) is 1. The molecule has 73 heavy (non-hydrogen) atoms. The molecule has 0 radical (unpaired) electrons. The van der Waals surface area contributed by atoms with Gasteiger partial charge in [-0.2, -0.15) is 13.2 Å². The van der Waals surface area contributed by atoms with Crippen LogP contribution in [0, 0.1) is 5.82 Å². The summed E-state index contributed by atoms with van der Waals surface area (Å²) in [5.74, 6) is -4.12. The Morgan fingerprint density at radius 1 is 0.836 bits per heavy atom. The number of hydrogen-bond donors (Lipinski definition) is 5. The molecule has 3 atom stereocenters. The second-order valence-corrected chi connectivity index (χ2v) is 18.8. The molecule has 3 saturated heterocycles. The number of ether oxygens (including phenoxy) is 1. The fourth-order valence-corrected chi connectivity index (χ4v) is 9.71. The number of rotatable bonds is 17. The van der Waals surface area contributed by atoms with E-state index in [4.69, 9.17) is 4.74 Å². The molecule has 0 bridgehead atoms. The quantitative estimate of drug-likeness (QED) is 0.0574. The summed E-state index contributed by atoms with van der Waals surface area (Å²) in [6.45, 7) is 10.4. The molecule has 6 amide bonds. The zero-order valence-corrected chi connectivity index (χ0v) is 40.7. The minimum Gasteiger partial charge on any atom is -0.382 e. The van der Waals surface area contributed by atoms with Crippen molar-refractivity contribution < 1.29 is 51.1 Å². The summed E-state index contributed by atoms with van der Waals surface area (Å²) in [4.78, 5) is 100. The van der Waals surface area contributed by atoms with Crippen molar-refractivity contribution in [1.82, 2.24) is 35.2 Å². The van der Waals surface area contributed by atoms with E-state index >= 15 is 4.39 Å². The van der Waals surface area contributed by atoms with Crippen LogP contribution in [0.25, 0.3) is 11.1 Å². The monoisotopic (exact) mass is 1010 g/mol. The van der Waals surface area contributed by atoms with E-state index in [1.165, 1.54) is 12.1 Å². The average molecular weight is 1020 g/mol. The van der Waals surface area contributed by atoms with E-state index in [0.717, 1.165) is 29.7 Å². The van der Waals surface area contributed by atoms with Crippen LogP contribution in [0.3, 0.4) is 0 Å². The van der Waals surface area contributed by atoms with E-state index in [0.29, 0.717) is 68.8 Å². The summed E-state index contributed by atoms with van der Waals surface area (Å²) in [6.07, 6.45) is -4.01. The lowest BCUT2D eigenvalue weighted by molar-refractivity contribution is -0.138. The first kappa shape index (κ1) is 52.3. The molecule has 5 N–H and O–H groups in total. The Labute approximate surface area is 418 Å². The largest absolute Gasteiger partial charge is 0.417 e. The van der Waals surface area contributed by atoms with Gasteiger partial charge in [-0.15, -0.1) is 0 Å². The predicted octanol–water partition coefficient (Wildman–Crippen LogP) is 4.13. The van der Waals surface area contributed by atoms with Gasteiger partial charge in [-0.1, -0.05) is 18.2 Å². The third kappa shape index (κ3) is 12.1. The molecule has 3 aromatic carbocycles. The summed E-state index contributed by atoms with van der Waals surface area (Å²) < 4.78 is 63.3. The van der Waals surface area contributed by atoms with Crippen molar-refractivity contribution in [2.45, 2.75) is 64.0 Å². The van der Waals surface area contributed by atoms with E-state index < -0.39 is 64.3 Å². The average Bonchev–Trinajstić information content (AvgIpc) is 3.60. The van der Waals surface area contributed by atoms with Crippen LogP contribution < -0.4 is 31.7 Å². The Kier molecular flexibility index (Phi) is 16.1. The highest BCUT2D eigenvalue weighted by Gasteiger charge is 2.46. The number of pyridine rings is 1. The van der Waals surface area contributed by atoms with E-state index in [9.17, 15) is 46.7 Å². The molecule has 0 saturated carbocycles. The molecule has 3 fully saturated rings. The standard InChI is InChI=1S/C51H58F4N10O8/c1-30-27-64(28-31(2)61(30)3)41-10-8-33(24-40(41)59-47(69)36-26-58-45(68)25-37(36)51(53,54)55)35-23-32(7-9-38(35)52)29-63-19-17-62(18-20-63)16-14-57-43(66)13-21-73-22-15-56-39-6-4-5-34-46(39)50(72)65(49(34)71)42-11-12-44(67)60-48(42)70/h4-10,23-26,30-31,42,56H,11-22,27-29H2,1-3H3,(H,57,66)(H,58,68)(H,59,69)(H,60,67,70)/t30-,31+,42?. The number of nitrogens with zero attached hydrogens (tertiary/aromatic N) is 5. The predicted molar refractivity (Wildman–Crippen MR) is 263 cm³/mol. The zero-order chi connectivity index (χ0) is 52.1. The van der Waals surface area contributed by atoms with Crippen molar-refractivity contribution in [3.8, 4) is 11.1 Å². The molecule has 8 rings (SSSR count). The number of aromatic nitrogens is 1. The van der Waals surface area contributed by atoms with E-state index in [-0.39, 0.29) is 79.4 Å². The van der Waals surface area contributed by atoms with Crippen molar-refractivity contribution in [2.24, 2.45) is 0 Å². The van der Waals surface area contributed by atoms with Crippen molar-refractivity contribution in [2.75, 3.05) is 94.7 Å². The summed E-state index contributed by atoms with van der Waals surface area (Å²) in [5.41, 5.74) is -0.162. The first-order chi connectivity index (χ1) is 34.9. The maximum absolute atomic E-state index is 15.7. The van der Waals surface area contributed by atoms with E-state index in [1.54, 1.807) is 42.5 Å². The molecule has 4 aliphatic heterocycles. The van der Waals surface area contributed by atoms with E-state index in [1.807, 2.05) is 11.9 Å². The van der Waals surface area contributed by atoms with Gasteiger partial charge in [0, 0.05) is 114 Å². The molecule has 18 nitrogen and oxygen atoms in total. The number of anilines is 3. The lowest BCUT2D eigenvalue weighted by atomic mass is 9.99. The van der Waals surface area contributed by atoms with Crippen LogP contribution in [-0.2, 0) is 31.8 Å². The first-order valence-electron chi connectivity index (χ1n) is 24.2. The smallest absolute Gasteiger partial charge is 0.382 e. The van der Waals surface area contributed by atoms with Crippen molar-refractivity contribution >= 4 is 52.5 Å². The number of benzene rings is 3. The summed E-state index contributed by atoms with van der Waals surface area (Å²) >= 11 is 0. The molecule has 0 spiro atoms. The number of carbonyl (C=O) groups is 6. The fraction of sp³-hybridized carbons (Fsp3) is 0.431. The molecule has 0 aliphatic carbocycles. The Bertz CT molecular complexity index is 2820. The number of carbonyl (C=O) groups excluding carboxylic acids is 6. The van der Waals surface area contributed by atoms with Gasteiger partial charge in [-0.25, -0.2) is 4.39 Å². The summed E-state index contributed by atoms with van der Waals surface area (Å²) in [6, 6.07) is 14.2. The minimum atomic E-state index is -4.97. The number of alkyl halides is 3. The molecule has 5 heterocycles. The van der Waals surface area contributed by atoms with Crippen LogP contribution in [-0.4, -0.2) is 157 Å². The van der Waals surface area contributed by atoms with Gasteiger partial charge in [0.1, 0.15) is 11.9 Å². The topological polar surface area (TPSA) is 209 Å². The molecule has 1 unspecified atom stereocenters. The molecule has 4 aliphatic rings. The number of fused-ring (bicyclic) bond motifs is 1. The number of piperazine rings is 2. The van der Waals surface area contributed by atoms with Gasteiger partial charge in [0.05, 0.1) is 46.8 Å². The molecule has 4 aromatic rings.